The van der Waals surface area contributed by atoms with Crippen molar-refractivity contribution in [2.24, 2.45) is 0 Å². The topological polar surface area (TPSA) is 55.4 Å². The largest absolute Gasteiger partial charge is 0.455 e. The Bertz CT molecular complexity index is 956. The highest BCUT2D eigenvalue weighted by molar-refractivity contribution is 6.30. The molecule has 0 aromatic heterocycles. The number of amides is 1. The molecule has 1 amide bonds. The summed E-state index contributed by atoms with van der Waals surface area (Å²) in [7, 11) is 0. The number of rotatable bonds is 5. The van der Waals surface area contributed by atoms with Crippen LogP contribution in [0.25, 0.3) is 0 Å². The molecule has 0 bridgehead atoms. The van der Waals surface area contributed by atoms with Gasteiger partial charge in [-0.2, -0.15) is 13.2 Å². The summed E-state index contributed by atoms with van der Waals surface area (Å²) in [5.41, 5.74) is -2.21. The average Bonchev–Trinajstić information content (AvgIpc) is 3.18. The lowest BCUT2D eigenvalue weighted by Gasteiger charge is -2.27. The van der Waals surface area contributed by atoms with Gasteiger partial charge in [-0.3, -0.25) is 9.59 Å². The van der Waals surface area contributed by atoms with Crippen molar-refractivity contribution in [3.63, 3.8) is 0 Å². The van der Waals surface area contributed by atoms with Crippen molar-refractivity contribution in [2.45, 2.75) is 37.3 Å². The summed E-state index contributed by atoms with van der Waals surface area (Å²) in [5, 5.41) is 1.96. The van der Waals surface area contributed by atoms with Crippen LogP contribution in [0.2, 0.25) is 5.02 Å². The molecular weight excluding hydrogens is 426 g/mol. The van der Waals surface area contributed by atoms with Gasteiger partial charge in [0.2, 0.25) is 0 Å². The standard InChI is InChI=1S/C21H18ClF4NO3/c22-14-6-7-17(16(11-14)21(24,25)26)27-18(28)12-30-19(29)20(8-1-2-9-20)13-4-3-5-15(23)10-13/h3-7,10-11H,1-2,8-9,12H2,(H,27,28). The quantitative estimate of drug-likeness (QED) is 0.491. The van der Waals surface area contributed by atoms with Crippen LogP contribution in [-0.4, -0.2) is 18.5 Å². The third-order valence-electron chi connectivity index (χ3n) is 5.12. The molecule has 2 aromatic carbocycles. The summed E-state index contributed by atoms with van der Waals surface area (Å²) in [6.45, 7) is -0.768. The fourth-order valence-electron chi connectivity index (χ4n) is 3.69. The number of carbonyl (C=O) groups excluding carboxylic acids is 2. The molecule has 160 valence electrons. The first-order valence-corrected chi connectivity index (χ1v) is 9.59. The molecule has 0 spiro atoms. The van der Waals surface area contributed by atoms with E-state index in [4.69, 9.17) is 16.3 Å². The summed E-state index contributed by atoms with van der Waals surface area (Å²) in [5.74, 6) is -2.12. The molecule has 30 heavy (non-hydrogen) atoms. The summed E-state index contributed by atoms with van der Waals surface area (Å²) in [4.78, 5) is 24.9. The Kier molecular flexibility index (Phi) is 6.36. The fraction of sp³-hybridized carbons (Fsp3) is 0.333. The zero-order chi connectivity index (χ0) is 21.9. The van der Waals surface area contributed by atoms with E-state index in [0.717, 1.165) is 18.9 Å². The number of hydrogen-bond donors (Lipinski definition) is 1. The van der Waals surface area contributed by atoms with Crippen molar-refractivity contribution >= 4 is 29.2 Å². The number of esters is 1. The first-order chi connectivity index (χ1) is 14.1. The minimum atomic E-state index is -4.73. The molecule has 1 aliphatic carbocycles. The molecule has 3 rings (SSSR count). The molecule has 1 fully saturated rings. The Morgan fingerprint density at radius 3 is 2.43 bits per heavy atom. The molecule has 0 atom stereocenters. The highest BCUT2D eigenvalue weighted by atomic mass is 35.5. The van der Waals surface area contributed by atoms with Gasteiger partial charge in [-0.1, -0.05) is 36.6 Å². The van der Waals surface area contributed by atoms with Crippen LogP contribution >= 0.6 is 11.6 Å². The molecule has 0 heterocycles. The second-order valence-corrected chi connectivity index (χ2v) is 7.55. The van der Waals surface area contributed by atoms with Gasteiger partial charge >= 0.3 is 12.1 Å². The molecule has 1 aliphatic rings. The first-order valence-electron chi connectivity index (χ1n) is 9.22. The number of alkyl halides is 3. The van der Waals surface area contributed by atoms with Crippen molar-refractivity contribution in [3.8, 4) is 0 Å². The minimum Gasteiger partial charge on any atom is -0.455 e. The molecular formula is C21H18ClF4NO3. The number of ether oxygens (including phenoxy) is 1. The van der Waals surface area contributed by atoms with E-state index in [1.807, 2.05) is 0 Å². The van der Waals surface area contributed by atoms with E-state index in [1.54, 1.807) is 6.07 Å². The van der Waals surface area contributed by atoms with E-state index in [2.05, 4.69) is 5.32 Å². The SMILES string of the molecule is O=C(COC(=O)C1(c2cccc(F)c2)CCCC1)Nc1ccc(Cl)cc1C(F)(F)F. The van der Waals surface area contributed by atoms with Crippen LogP contribution in [0.5, 0.6) is 0 Å². The fourth-order valence-corrected chi connectivity index (χ4v) is 3.86. The Hall–Kier alpha value is -2.61. The smallest absolute Gasteiger partial charge is 0.418 e. The number of carbonyl (C=O) groups is 2. The molecule has 0 aliphatic heterocycles. The normalized spacial score (nSPS) is 15.6. The Morgan fingerprint density at radius 2 is 1.80 bits per heavy atom. The molecule has 2 aromatic rings. The first kappa shape index (κ1) is 22.1. The minimum absolute atomic E-state index is 0.134. The van der Waals surface area contributed by atoms with E-state index in [1.165, 1.54) is 24.3 Å². The second-order valence-electron chi connectivity index (χ2n) is 7.11. The van der Waals surface area contributed by atoms with Gasteiger partial charge in [0.25, 0.3) is 5.91 Å². The van der Waals surface area contributed by atoms with E-state index in [0.29, 0.717) is 24.5 Å². The average molecular weight is 444 g/mol. The highest BCUT2D eigenvalue weighted by Crippen LogP contribution is 2.42. The summed E-state index contributed by atoms with van der Waals surface area (Å²) in [6, 6.07) is 8.56. The second kappa shape index (κ2) is 8.63. The maximum atomic E-state index is 13.7. The zero-order valence-electron chi connectivity index (χ0n) is 15.7. The van der Waals surface area contributed by atoms with Crippen LogP contribution in [0, 0.1) is 5.82 Å². The van der Waals surface area contributed by atoms with Gasteiger partial charge in [0, 0.05) is 5.02 Å². The van der Waals surface area contributed by atoms with Gasteiger partial charge in [0.15, 0.2) is 6.61 Å². The van der Waals surface area contributed by atoms with Crippen LogP contribution in [0.1, 0.15) is 36.8 Å². The zero-order valence-corrected chi connectivity index (χ0v) is 16.4. The summed E-state index contributed by atoms with van der Waals surface area (Å²) >= 11 is 5.61. The van der Waals surface area contributed by atoms with Gasteiger partial charge in [-0.05, 0) is 48.7 Å². The maximum absolute atomic E-state index is 13.7. The lowest BCUT2D eigenvalue weighted by molar-refractivity contribution is -0.153. The Balaban J connectivity index is 1.71. The number of benzene rings is 2. The summed E-state index contributed by atoms with van der Waals surface area (Å²) < 4.78 is 58.2. The highest BCUT2D eigenvalue weighted by Gasteiger charge is 2.44. The van der Waals surface area contributed by atoms with Crippen molar-refractivity contribution in [3.05, 3.63) is 64.4 Å². The van der Waals surface area contributed by atoms with E-state index >= 15 is 0 Å². The molecule has 0 unspecified atom stereocenters. The van der Waals surface area contributed by atoms with Crippen LogP contribution in [0.4, 0.5) is 23.2 Å². The van der Waals surface area contributed by atoms with E-state index in [9.17, 15) is 27.2 Å². The van der Waals surface area contributed by atoms with Gasteiger partial charge in [0.1, 0.15) is 5.82 Å². The molecule has 4 nitrogen and oxygen atoms in total. The third-order valence-corrected chi connectivity index (χ3v) is 5.36. The van der Waals surface area contributed by atoms with Crippen molar-refractivity contribution < 1.29 is 31.9 Å². The van der Waals surface area contributed by atoms with Gasteiger partial charge < -0.3 is 10.1 Å². The summed E-state index contributed by atoms with van der Waals surface area (Å²) in [6.07, 6.45) is -2.39. The van der Waals surface area contributed by atoms with Crippen LogP contribution in [-0.2, 0) is 25.9 Å². The molecule has 1 N–H and O–H groups in total. The molecule has 9 heteroatoms. The van der Waals surface area contributed by atoms with Crippen LogP contribution in [0.3, 0.4) is 0 Å². The van der Waals surface area contributed by atoms with E-state index < -0.39 is 47.1 Å². The Labute approximate surface area is 175 Å². The van der Waals surface area contributed by atoms with E-state index in [-0.39, 0.29) is 5.02 Å². The van der Waals surface area contributed by atoms with Crippen molar-refractivity contribution in [2.75, 3.05) is 11.9 Å². The van der Waals surface area contributed by atoms with Crippen molar-refractivity contribution in [1.82, 2.24) is 0 Å². The van der Waals surface area contributed by atoms with Gasteiger partial charge in [0.05, 0.1) is 16.7 Å². The third kappa shape index (κ3) is 4.75. The van der Waals surface area contributed by atoms with Gasteiger partial charge in [-0.15, -0.1) is 0 Å². The Morgan fingerprint density at radius 1 is 1.10 bits per heavy atom. The predicted molar refractivity (Wildman–Crippen MR) is 103 cm³/mol. The lowest BCUT2D eigenvalue weighted by Crippen LogP contribution is -2.36. The van der Waals surface area contributed by atoms with Gasteiger partial charge in [-0.25, -0.2) is 4.39 Å². The maximum Gasteiger partial charge on any atom is 0.418 e. The number of nitrogens with one attached hydrogen (secondary N) is 1. The predicted octanol–water partition coefficient (Wildman–Crippen LogP) is 5.49. The monoisotopic (exact) mass is 443 g/mol. The van der Waals surface area contributed by atoms with Crippen LogP contribution < -0.4 is 5.32 Å². The number of hydrogen-bond acceptors (Lipinski definition) is 3. The lowest BCUT2D eigenvalue weighted by atomic mass is 9.79. The van der Waals surface area contributed by atoms with Crippen LogP contribution in [0.15, 0.2) is 42.5 Å². The molecule has 1 saturated carbocycles. The number of halogens is 5. The number of anilines is 1. The molecule has 0 radical (unpaired) electrons. The molecule has 0 saturated heterocycles. The van der Waals surface area contributed by atoms with Crippen molar-refractivity contribution in [1.29, 1.82) is 0 Å².